The predicted octanol–water partition coefficient (Wildman–Crippen LogP) is 5.86. The van der Waals surface area contributed by atoms with Gasteiger partial charge in [-0.3, -0.25) is 4.79 Å². The topological polar surface area (TPSA) is 57.3 Å². The highest BCUT2D eigenvalue weighted by Gasteiger charge is 2.14. The Labute approximate surface area is 201 Å². The lowest BCUT2D eigenvalue weighted by atomic mass is 10.1. The van der Waals surface area contributed by atoms with Gasteiger partial charge in [0.05, 0.1) is 16.7 Å². The van der Waals surface area contributed by atoms with E-state index in [4.69, 9.17) is 4.98 Å². The number of hydrogen-bond donors (Lipinski definition) is 2. The number of nitrogens with zero attached hydrogens (tertiary/aromatic N) is 2. The molecule has 0 saturated carbocycles. The summed E-state index contributed by atoms with van der Waals surface area (Å²) in [4.78, 5) is 19.8. The van der Waals surface area contributed by atoms with Crippen LogP contribution in [-0.2, 0) is 11.2 Å². The zero-order valence-electron chi connectivity index (χ0n) is 19.6. The third-order valence-corrected chi connectivity index (χ3v) is 6.61. The predicted molar refractivity (Wildman–Crippen MR) is 141 cm³/mol. The number of anilines is 2. The highest BCUT2D eigenvalue weighted by atomic mass is 16.1. The Hall–Kier alpha value is -3.44. The minimum Gasteiger partial charge on any atom is -0.384 e. The quantitative estimate of drug-likeness (QED) is 0.247. The molecule has 2 N–H and O–H groups in total. The minimum absolute atomic E-state index is 0.0614. The van der Waals surface area contributed by atoms with E-state index in [2.05, 4.69) is 64.1 Å². The number of fused-ring (bicyclic) bond motifs is 2. The van der Waals surface area contributed by atoms with Crippen LogP contribution in [0.1, 0.15) is 31.2 Å². The zero-order valence-corrected chi connectivity index (χ0v) is 19.6. The first-order valence-corrected chi connectivity index (χ1v) is 12.4. The highest BCUT2D eigenvalue weighted by molar-refractivity contribution is 6.08. The van der Waals surface area contributed by atoms with Gasteiger partial charge < -0.3 is 15.5 Å². The van der Waals surface area contributed by atoms with E-state index in [0.29, 0.717) is 6.42 Å². The number of pyridine rings is 1. The van der Waals surface area contributed by atoms with Crippen molar-refractivity contribution in [3.63, 3.8) is 0 Å². The molecule has 0 bridgehead atoms. The SMILES string of the molecule is O=C(CCN1CCCC1)Nc1ccc2c(NCCCc3ccccc3)c3ccccc3nc2c1. The lowest BCUT2D eigenvalue weighted by Gasteiger charge is -2.15. The van der Waals surface area contributed by atoms with Crippen LogP contribution in [0.15, 0.2) is 72.8 Å². The van der Waals surface area contributed by atoms with E-state index < -0.39 is 0 Å². The van der Waals surface area contributed by atoms with Gasteiger partial charge in [-0.25, -0.2) is 4.98 Å². The van der Waals surface area contributed by atoms with E-state index >= 15 is 0 Å². The number of aryl methyl sites for hydroxylation is 1. The Morgan fingerprint density at radius 2 is 1.65 bits per heavy atom. The van der Waals surface area contributed by atoms with E-state index in [0.717, 1.165) is 72.2 Å². The van der Waals surface area contributed by atoms with Gasteiger partial charge in [-0.15, -0.1) is 0 Å². The molecule has 1 fully saturated rings. The molecule has 0 spiro atoms. The Morgan fingerprint density at radius 1 is 0.882 bits per heavy atom. The zero-order chi connectivity index (χ0) is 23.2. The molecular weight excluding hydrogens is 420 g/mol. The van der Waals surface area contributed by atoms with Crippen molar-refractivity contribution in [2.75, 3.05) is 36.8 Å². The number of rotatable bonds is 9. The second kappa shape index (κ2) is 10.7. The molecule has 1 saturated heterocycles. The smallest absolute Gasteiger partial charge is 0.225 e. The van der Waals surface area contributed by atoms with Gasteiger partial charge in [-0.1, -0.05) is 48.5 Å². The summed E-state index contributed by atoms with van der Waals surface area (Å²) in [6.45, 7) is 3.94. The highest BCUT2D eigenvalue weighted by Crippen LogP contribution is 2.32. The fraction of sp³-hybridized carbons (Fsp3) is 0.310. The molecule has 2 heterocycles. The second-order valence-corrected chi connectivity index (χ2v) is 9.10. The summed E-state index contributed by atoms with van der Waals surface area (Å²) in [5, 5.41) is 8.95. The molecule has 5 rings (SSSR count). The first-order valence-electron chi connectivity index (χ1n) is 12.4. The molecule has 3 aromatic carbocycles. The van der Waals surface area contributed by atoms with Crippen molar-refractivity contribution in [2.45, 2.75) is 32.1 Å². The molecule has 1 aliphatic rings. The van der Waals surface area contributed by atoms with E-state index in [-0.39, 0.29) is 5.91 Å². The van der Waals surface area contributed by atoms with Gasteiger partial charge in [0, 0.05) is 36.0 Å². The monoisotopic (exact) mass is 452 g/mol. The summed E-state index contributed by atoms with van der Waals surface area (Å²) in [6.07, 6.45) is 5.11. The van der Waals surface area contributed by atoms with Crippen LogP contribution in [0.2, 0.25) is 0 Å². The molecule has 1 aromatic heterocycles. The van der Waals surface area contributed by atoms with Crippen molar-refractivity contribution >= 4 is 39.1 Å². The molecule has 5 nitrogen and oxygen atoms in total. The van der Waals surface area contributed by atoms with E-state index in [1.807, 2.05) is 24.3 Å². The lowest BCUT2D eigenvalue weighted by Crippen LogP contribution is -2.25. The number of aromatic nitrogens is 1. The Bertz CT molecular complexity index is 1270. The molecule has 174 valence electrons. The first kappa shape index (κ1) is 22.4. The summed E-state index contributed by atoms with van der Waals surface area (Å²) in [5.41, 5.74) is 5.12. The van der Waals surface area contributed by atoms with E-state index in [1.165, 1.54) is 18.4 Å². The second-order valence-electron chi connectivity index (χ2n) is 9.10. The Morgan fingerprint density at radius 3 is 2.50 bits per heavy atom. The van der Waals surface area contributed by atoms with Crippen LogP contribution < -0.4 is 10.6 Å². The lowest BCUT2D eigenvalue weighted by molar-refractivity contribution is -0.116. The molecule has 34 heavy (non-hydrogen) atoms. The number of para-hydroxylation sites is 1. The first-order chi connectivity index (χ1) is 16.8. The van der Waals surface area contributed by atoms with Crippen LogP contribution in [0, 0.1) is 0 Å². The Balaban J connectivity index is 1.31. The van der Waals surface area contributed by atoms with Crippen molar-refractivity contribution < 1.29 is 4.79 Å². The number of carbonyl (C=O) groups excluding carboxylic acids is 1. The number of carbonyl (C=O) groups is 1. The van der Waals surface area contributed by atoms with Crippen molar-refractivity contribution in [1.82, 2.24) is 9.88 Å². The minimum atomic E-state index is 0.0614. The van der Waals surface area contributed by atoms with Crippen molar-refractivity contribution in [3.8, 4) is 0 Å². The van der Waals surface area contributed by atoms with Crippen molar-refractivity contribution in [1.29, 1.82) is 0 Å². The number of likely N-dealkylation sites (tertiary alicyclic amines) is 1. The standard InChI is InChI=1S/C29H32N4O/c34-28(16-20-33-18-6-7-19-33)31-23-14-15-25-27(21-23)32-26-13-5-4-12-24(26)29(25)30-17-8-11-22-9-2-1-3-10-22/h1-5,9-10,12-15,21H,6-8,11,16-20H2,(H,30,32)(H,31,34). The van der Waals surface area contributed by atoms with Crippen molar-refractivity contribution in [2.24, 2.45) is 0 Å². The van der Waals surface area contributed by atoms with Crippen LogP contribution in [0.25, 0.3) is 21.8 Å². The third-order valence-electron chi connectivity index (χ3n) is 6.61. The van der Waals surface area contributed by atoms with Gasteiger partial charge in [-0.05, 0) is 68.6 Å². The van der Waals surface area contributed by atoms with Gasteiger partial charge >= 0.3 is 0 Å². The molecular formula is C29H32N4O. The summed E-state index contributed by atoms with van der Waals surface area (Å²) in [7, 11) is 0. The summed E-state index contributed by atoms with van der Waals surface area (Å²) < 4.78 is 0. The average molecular weight is 453 g/mol. The molecule has 0 aliphatic carbocycles. The molecule has 0 atom stereocenters. The number of hydrogen-bond acceptors (Lipinski definition) is 4. The third kappa shape index (κ3) is 5.37. The fourth-order valence-electron chi connectivity index (χ4n) is 4.80. The van der Waals surface area contributed by atoms with E-state index in [9.17, 15) is 4.79 Å². The maximum atomic E-state index is 12.5. The molecule has 0 radical (unpaired) electrons. The molecule has 5 heteroatoms. The Kier molecular flexibility index (Phi) is 7.01. The molecule has 1 amide bonds. The summed E-state index contributed by atoms with van der Waals surface area (Å²) in [6, 6.07) is 24.9. The van der Waals surface area contributed by atoms with Gasteiger partial charge in [0.25, 0.3) is 0 Å². The fourth-order valence-corrected chi connectivity index (χ4v) is 4.80. The maximum Gasteiger partial charge on any atom is 0.225 e. The van der Waals surface area contributed by atoms with Crippen LogP contribution >= 0.6 is 0 Å². The normalized spacial score (nSPS) is 14.0. The van der Waals surface area contributed by atoms with Crippen LogP contribution in [0.5, 0.6) is 0 Å². The van der Waals surface area contributed by atoms with Gasteiger partial charge in [0.1, 0.15) is 0 Å². The van der Waals surface area contributed by atoms with Crippen molar-refractivity contribution in [3.05, 3.63) is 78.4 Å². The van der Waals surface area contributed by atoms with Gasteiger partial charge in [-0.2, -0.15) is 0 Å². The number of benzene rings is 3. The van der Waals surface area contributed by atoms with E-state index in [1.54, 1.807) is 0 Å². The van der Waals surface area contributed by atoms with Crippen LogP contribution in [-0.4, -0.2) is 42.0 Å². The summed E-state index contributed by atoms with van der Waals surface area (Å²) in [5.74, 6) is 0.0614. The number of nitrogens with one attached hydrogen (secondary N) is 2. The average Bonchev–Trinajstić information content (AvgIpc) is 3.39. The van der Waals surface area contributed by atoms with Gasteiger partial charge in [0.15, 0.2) is 0 Å². The summed E-state index contributed by atoms with van der Waals surface area (Å²) >= 11 is 0. The van der Waals surface area contributed by atoms with Crippen LogP contribution in [0.4, 0.5) is 11.4 Å². The molecule has 1 aliphatic heterocycles. The maximum absolute atomic E-state index is 12.5. The van der Waals surface area contributed by atoms with Gasteiger partial charge in [0.2, 0.25) is 5.91 Å². The molecule has 0 unspecified atom stereocenters. The number of amides is 1. The largest absolute Gasteiger partial charge is 0.384 e. The van der Waals surface area contributed by atoms with Crippen LogP contribution in [0.3, 0.4) is 0 Å². The molecule has 4 aromatic rings.